The molecule has 0 saturated heterocycles. The molecule has 0 aliphatic heterocycles. The first kappa shape index (κ1) is 18.8. The van der Waals surface area contributed by atoms with Gasteiger partial charge in [-0.2, -0.15) is 0 Å². The van der Waals surface area contributed by atoms with Crippen LogP contribution < -0.4 is 22.3 Å². The minimum Gasteiger partial charge on any atom is -0.325 e. The van der Waals surface area contributed by atoms with Crippen LogP contribution >= 0.6 is 11.6 Å². The molecule has 132 valence electrons. The quantitative estimate of drug-likeness (QED) is 0.191. The molecule has 25 heavy (non-hydrogen) atoms. The monoisotopic (exact) mass is 361 g/mol. The van der Waals surface area contributed by atoms with Crippen molar-refractivity contribution in [3.05, 3.63) is 60.2 Å². The van der Waals surface area contributed by atoms with Crippen LogP contribution in [0.1, 0.15) is 16.1 Å². The second-order valence-corrected chi connectivity index (χ2v) is 5.81. The Bertz CT molecular complexity index is 696. The van der Waals surface area contributed by atoms with Gasteiger partial charge in [0.2, 0.25) is 5.96 Å². The number of nitrogens with zero attached hydrogens (tertiary/aromatic N) is 3. The zero-order valence-corrected chi connectivity index (χ0v) is 14.2. The third-order valence-corrected chi connectivity index (χ3v) is 3.84. The van der Waals surface area contributed by atoms with E-state index in [-0.39, 0.29) is 23.6 Å². The first-order valence-corrected chi connectivity index (χ1v) is 8.05. The molecule has 1 aromatic carbocycles. The first-order valence-electron chi connectivity index (χ1n) is 7.62. The predicted octanol–water partition coefficient (Wildman–Crippen LogP) is 0.203. The molecule has 9 heteroatoms. The number of carbonyl (C=O) groups is 1. The molecule has 8 nitrogen and oxygen atoms in total. The largest absolute Gasteiger partial charge is 0.325 e. The molecular formula is C16H20ClN7O. The van der Waals surface area contributed by atoms with Gasteiger partial charge >= 0.3 is 0 Å². The highest BCUT2D eigenvalue weighted by molar-refractivity contribution is 6.21. The van der Waals surface area contributed by atoms with Crippen LogP contribution in [0.15, 0.2) is 53.9 Å². The summed E-state index contributed by atoms with van der Waals surface area (Å²) in [6.07, 6.45) is 4.85. The van der Waals surface area contributed by atoms with E-state index >= 15 is 0 Å². The Balaban J connectivity index is 1.89. The van der Waals surface area contributed by atoms with E-state index in [0.29, 0.717) is 6.42 Å². The second kappa shape index (κ2) is 9.67. The average molecular weight is 362 g/mol. The summed E-state index contributed by atoms with van der Waals surface area (Å²) in [7, 11) is 0. The number of alkyl halides is 1. The lowest BCUT2D eigenvalue weighted by molar-refractivity contribution is 0.0970. The highest BCUT2D eigenvalue weighted by atomic mass is 35.5. The molecule has 0 aliphatic rings. The number of aliphatic imine (C=N–C) groups is 1. The van der Waals surface area contributed by atoms with Crippen molar-refractivity contribution in [2.75, 3.05) is 6.54 Å². The molecule has 1 aromatic heterocycles. The zero-order chi connectivity index (χ0) is 18.1. The molecule has 0 saturated carbocycles. The van der Waals surface area contributed by atoms with Crippen LogP contribution in [0.5, 0.6) is 0 Å². The molecule has 6 N–H and O–H groups in total. The fourth-order valence-corrected chi connectivity index (χ4v) is 2.27. The number of carbonyl (C=O) groups excluding carboxylic acids is 1. The summed E-state index contributed by atoms with van der Waals surface area (Å²) in [6.45, 7) is 0.196. The van der Waals surface area contributed by atoms with Crippen LogP contribution in [0.2, 0.25) is 0 Å². The molecule has 2 rings (SSSR count). The molecule has 1 amide bonds. The topological polar surface area (TPSA) is 131 Å². The Hall–Kier alpha value is -2.55. The molecule has 0 fully saturated rings. The molecule has 2 unspecified atom stereocenters. The maximum Gasteiger partial charge on any atom is 0.278 e. The maximum atomic E-state index is 12.0. The average Bonchev–Trinajstić information content (AvgIpc) is 2.66. The number of hydrogen-bond acceptors (Lipinski definition) is 6. The lowest BCUT2D eigenvalue weighted by atomic mass is 10.1. The van der Waals surface area contributed by atoms with Crippen molar-refractivity contribution in [3.8, 4) is 0 Å². The highest BCUT2D eigenvalue weighted by Gasteiger charge is 2.16. The van der Waals surface area contributed by atoms with Crippen LogP contribution in [-0.4, -0.2) is 39.8 Å². The third-order valence-electron chi connectivity index (χ3n) is 3.36. The molecule has 2 aromatic rings. The lowest BCUT2D eigenvalue weighted by Crippen LogP contribution is -2.46. The van der Waals surface area contributed by atoms with Gasteiger partial charge in [-0.25, -0.2) is 10.8 Å². The van der Waals surface area contributed by atoms with Crippen LogP contribution in [-0.2, 0) is 6.42 Å². The number of hydrazine groups is 1. The number of benzene rings is 1. The van der Waals surface area contributed by atoms with Crippen molar-refractivity contribution in [2.45, 2.75) is 17.8 Å². The molecule has 2 atom stereocenters. The van der Waals surface area contributed by atoms with Crippen molar-refractivity contribution in [1.29, 1.82) is 0 Å². The number of nitrogens with one attached hydrogen (secondary N) is 2. The minimum atomic E-state index is -0.481. The van der Waals surface area contributed by atoms with Crippen molar-refractivity contribution in [3.63, 3.8) is 0 Å². The molecular weight excluding hydrogens is 342 g/mol. The number of guanidine groups is 1. The van der Waals surface area contributed by atoms with Gasteiger partial charge in [0.1, 0.15) is 5.69 Å². The first-order chi connectivity index (χ1) is 12.1. The predicted molar refractivity (Wildman–Crippen MR) is 96.9 cm³/mol. The number of aromatic nitrogens is 2. The molecule has 0 radical (unpaired) electrons. The van der Waals surface area contributed by atoms with Gasteiger partial charge in [-0.15, -0.1) is 11.6 Å². The van der Waals surface area contributed by atoms with E-state index in [4.69, 9.17) is 23.2 Å². The fraction of sp³-hybridized carbons (Fsp3) is 0.250. The smallest absolute Gasteiger partial charge is 0.278 e. The fourth-order valence-electron chi connectivity index (χ4n) is 2.01. The Labute approximate surface area is 150 Å². The Morgan fingerprint density at radius 2 is 2.04 bits per heavy atom. The van der Waals surface area contributed by atoms with Gasteiger partial charge in [-0.05, 0) is 12.0 Å². The zero-order valence-electron chi connectivity index (χ0n) is 13.5. The van der Waals surface area contributed by atoms with Gasteiger partial charge in [0.15, 0.2) is 0 Å². The van der Waals surface area contributed by atoms with Gasteiger partial charge in [0.25, 0.3) is 5.91 Å². The van der Waals surface area contributed by atoms with E-state index in [2.05, 4.69) is 25.7 Å². The lowest BCUT2D eigenvalue weighted by Gasteiger charge is -2.17. The van der Waals surface area contributed by atoms with E-state index in [1.807, 2.05) is 30.3 Å². The van der Waals surface area contributed by atoms with E-state index in [0.717, 1.165) is 5.56 Å². The summed E-state index contributed by atoms with van der Waals surface area (Å²) in [6, 6.07) is 9.40. The van der Waals surface area contributed by atoms with E-state index in [9.17, 15) is 4.79 Å². The highest BCUT2D eigenvalue weighted by Crippen LogP contribution is 2.11. The van der Waals surface area contributed by atoms with Crippen molar-refractivity contribution >= 4 is 23.5 Å². The van der Waals surface area contributed by atoms with Gasteiger partial charge in [-0.1, -0.05) is 30.3 Å². The van der Waals surface area contributed by atoms with Crippen LogP contribution in [0.3, 0.4) is 0 Å². The Morgan fingerprint density at radius 3 is 2.68 bits per heavy atom. The van der Waals surface area contributed by atoms with Gasteiger partial charge in [0.05, 0.1) is 18.1 Å². The van der Waals surface area contributed by atoms with Crippen molar-refractivity contribution in [1.82, 2.24) is 20.7 Å². The SMILES string of the molecule is NNC(=NCC(N)C(Cl)Cc1ccccc1)NC(=O)c1cnccn1. The number of hydrogen-bond donors (Lipinski definition) is 4. The summed E-state index contributed by atoms with van der Waals surface area (Å²) in [4.78, 5) is 23.9. The summed E-state index contributed by atoms with van der Waals surface area (Å²) in [5.41, 5.74) is 9.63. The van der Waals surface area contributed by atoms with Crippen LogP contribution in [0.25, 0.3) is 0 Å². The third kappa shape index (κ3) is 6.11. The van der Waals surface area contributed by atoms with Crippen molar-refractivity contribution < 1.29 is 4.79 Å². The van der Waals surface area contributed by atoms with Crippen LogP contribution in [0, 0.1) is 0 Å². The Morgan fingerprint density at radius 1 is 1.28 bits per heavy atom. The van der Waals surface area contributed by atoms with Crippen molar-refractivity contribution in [2.24, 2.45) is 16.6 Å². The number of halogens is 1. The molecule has 0 spiro atoms. The van der Waals surface area contributed by atoms with E-state index in [1.54, 1.807) is 0 Å². The summed E-state index contributed by atoms with van der Waals surface area (Å²) < 4.78 is 0. The summed E-state index contributed by atoms with van der Waals surface area (Å²) >= 11 is 6.34. The number of rotatable bonds is 6. The Kier molecular flexibility index (Phi) is 7.27. The summed E-state index contributed by atoms with van der Waals surface area (Å²) in [5, 5.41) is 2.20. The maximum absolute atomic E-state index is 12.0. The standard InChI is InChI=1S/C16H20ClN7O/c17-12(8-11-4-2-1-3-5-11)13(18)9-22-16(24-19)23-15(25)14-10-20-6-7-21-14/h1-7,10,12-13H,8-9,18-19H2,(H2,22,23,24,25). The van der Waals surface area contributed by atoms with Crippen LogP contribution in [0.4, 0.5) is 0 Å². The van der Waals surface area contributed by atoms with E-state index < -0.39 is 11.9 Å². The van der Waals surface area contributed by atoms with Gasteiger partial charge < -0.3 is 5.73 Å². The van der Waals surface area contributed by atoms with Gasteiger partial charge in [-0.3, -0.25) is 25.5 Å². The number of amides is 1. The van der Waals surface area contributed by atoms with Gasteiger partial charge in [0, 0.05) is 18.4 Å². The number of nitrogens with two attached hydrogens (primary N) is 2. The molecule has 0 aliphatic carbocycles. The molecule has 0 bridgehead atoms. The van der Waals surface area contributed by atoms with E-state index in [1.165, 1.54) is 18.6 Å². The second-order valence-electron chi connectivity index (χ2n) is 5.25. The minimum absolute atomic E-state index is 0.0784. The molecule has 1 heterocycles. The summed E-state index contributed by atoms with van der Waals surface area (Å²) in [5.74, 6) is 4.98. The normalized spacial score (nSPS) is 13.8.